The summed E-state index contributed by atoms with van der Waals surface area (Å²) in [6.07, 6.45) is 4.53. The predicted octanol–water partition coefficient (Wildman–Crippen LogP) is 2.83. The van der Waals surface area contributed by atoms with Crippen LogP contribution in [0.4, 0.5) is 0 Å². The maximum absolute atomic E-state index is 10.8. The van der Waals surface area contributed by atoms with Crippen molar-refractivity contribution in [3.8, 4) is 0 Å². The second-order valence-corrected chi connectivity index (χ2v) is 3.95. The van der Waals surface area contributed by atoms with Crippen molar-refractivity contribution in [2.45, 2.75) is 52.4 Å². The Balaban J connectivity index is 4.34. The van der Waals surface area contributed by atoms with Crippen LogP contribution in [0.3, 0.4) is 0 Å². The fraction of sp³-hybridized carbons (Fsp3) is 0.667. The molecular weight excluding hydrogens is 208 g/mol. The number of hydrogen-bond acceptors (Lipinski definition) is 2. The monoisotopic (exact) mass is 228 g/mol. The lowest BCUT2D eigenvalue weighted by atomic mass is 10.0. The molecule has 0 rings (SSSR count). The highest BCUT2D eigenvalue weighted by Gasteiger charge is 2.14. The molecule has 0 saturated carbocycles. The number of carbonyl (C=O) groups is 2. The Hall–Kier alpha value is -1.32. The van der Waals surface area contributed by atoms with E-state index in [2.05, 4.69) is 6.92 Å². The third-order valence-corrected chi connectivity index (χ3v) is 2.51. The second-order valence-electron chi connectivity index (χ2n) is 3.95. The van der Waals surface area contributed by atoms with Gasteiger partial charge in [0.05, 0.1) is 6.42 Å². The second kappa shape index (κ2) is 7.91. The van der Waals surface area contributed by atoms with Crippen molar-refractivity contribution < 1.29 is 19.8 Å². The average molecular weight is 228 g/mol. The Morgan fingerprint density at radius 1 is 1.06 bits per heavy atom. The van der Waals surface area contributed by atoms with E-state index in [9.17, 15) is 9.59 Å². The summed E-state index contributed by atoms with van der Waals surface area (Å²) in [5, 5.41) is 17.5. The molecule has 2 N–H and O–H groups in total. The van der Waals surface area contributed by atoms with Crippen LogP contribution in [-0.2, 0) is 9.59 Å². The smallest absolute Gasteiger partial charge is 0.332 e. The number of carboxylic acid groups (broad SMARTS) is 2. The molecule has 0 aliphatic heterocycles. The molecule has 0 bridgehead atoms. The molecule has 0 unspecified atom stereocenters. The minimum Gasteiger partial charge on any atom is -0.481 e. The van der Waals surface area contributed by atoms with E-state index >= 15 is 0 Å². The van der Waals surface area contributed by atoms with Gasteiger partial charge in [-0.2, -0.15) is 0 Å². The quantitative estimate of drug-likeness (QED) is 0.495. The molecule has 0 spiro atoms. The minimum atomic E-state index is -1.12. The van der Waals surface area contributed by atoms with Crippen molar-refractivity contribution in [3.05, 3.63) is 11.1 Å². The predicted molar refractivity (Wildman–Crippen MR) is 61.3 cm³/mol. The molecular formula is C12H20O4. The highest BCUT2D eigenvalue weighted by atomic mass is 16.4. The highest BCUT2D eigenvalue weighted by molar-refractivity contribution is 5.92. The van der Waals surface area contributed by atoms with Gasteiger partial charge in [0, 0.05) is 5.57 Å². The van der Waals surface area contributed by atoms with Gasteiger partial charge >= 0.3 is 11.9 Å². The van der Waals surface area contributed by atoms with Crippen molar-refractivity contribution in [1.29, 1.82) is 0 Å². The highest BCUT2D eigenvalue weighted by Crippen LogP contribution is 2.16. The van der Waals surface area contributed by atoms with Gasteiger partial charge in [-0.25, -0.2) is 4.79 Å². The van der Waals surface area contributed by atoms with Crippen LogP contribution < -0.4 is 0 Å². The SMILES string of the molecule is CCCCCCC(C)=C(CC(=O)O)C(=O)O. The van der Waals surface area contributed by atoms with Crippen LogP contribution in [0.15, 0.2) is 11.1 Å². The summed E-state index contributed by atoms with van der Waals surface area (Å²) in [7, 11) is 0. The zero-order valence-electron chi connectivity index (χ0n) is 9.95. The van der Waals surface area contributed by atoms with Crippen molar-refractivity contribution in [2.75, 3.05) is 0 Å². The summed E-state index contributed by atoms with van der Waals surface area (Å²) in [6, 6.07) is 0. The molecule has 0 aliphatic carbocycles. The van der Waals surface area contributed by atoms with Gasteiger partial charge in [0.2, 0.25) is 0 Å². The summed E-state index contributed by atoms with van der Waals surface area (Å²) in [5.74, 6) is -2.21. The van der Waals surface area contributed by atoms with E-state index < -0.39 is 18.4 Å². The number of rotatable bonds is 8. The van der Waals surface area contributed by atoms with Crippen molar-refractivity contribution in [2.24, 2.45) is 0 Å². The normalized spacial score (nSPS) is 12.1. The van der Waals surface area contributed by atoms with E-state index in [4.69, 9.17) is 10.2 Å². The van der Waals surface area contributed by atoms with Gasteiger partial charge in [-0.3, -0.25) is 4.79 Å². The summed E-state index contributed by atoms with van der Waals surface area (Å²) >= 11 is 0. The summed E-state index contributed by atoms with van der Waals surface area (Å²) in [5.41, 5.74) is 0.718. The molecule has 0 amide bonds. The minimum absolute atomic E-state index is 0.0315. The largest absolute Gasteiger partial charge is 0.481 e. The molecule has 0 aromatic carbocycles. The first kappa shape index (κ1) is 14.7. The summed E-state index contributed by atoms with van der Waals surface area (Å²) < 4.78 is 0. The van der Waals surface area contributed by atoms with Crippen LogP contribution in [0.2, 0.25) is 0 Å². The van der Waals surface area contributed by atoms with Gasteiger partial charge < -0.3 is 10.2 Å². The average Bonchev–Trinajstić information content (AvgIpc) is 2.20. The molecule has 0 aliphatic rings. The molecule has 0 atom stereocenters. The van der Waals surface area contributed by atoms with Gasteiger partial charge in [0.15, 0.2) is 0 Å². The van der Waals surface area contributed by atoms with Crippen LogP contribution in [0, 0.1) is 0 Å². The molecule has 4 heteroatoms. The van der Waals surface area contributed by atoms with Crippen LogP contribution in [0.25, 0.3) is 0 Å². The molecule has 0 aromatic rings. The standard InChI is InChI=1S/C12H20O4/c1-3-4-5-6-7-9(2)10(12(15)16)8-11(13)14/h3-8H2,1-2H3,(H,13,14)(H,15,16). The Bertz CT molecular complexity index is 279. The van der Waals surface area contributed by atoms with Gasteiger partial charge in [0.1, 0.15) is 0 Å². The van der Waals surface area contributed by atoms with Gasteiger partial charge in [-0.05, 0) is 19.8 Å². The van der Waals surface area contributed by atoms with Crippen LogP contribution in [-0.4, -0.2) is 22.2 Å². The first-order chi connectivity index (χ1) is 7.49. The third-order valence-electron chi connectivity index (χ3n) is 2.51. The van der Waals surface area contributed by atoms with Crippen molar-refractivity contribution >= 4 is 11.9 Å². The first-order valence-corrected chi connectivity index (χ1v) is 5.62. The zero-order chi connectivity index (χ0) is 12.6. The molecule has 16 heavy (non-hydrogen) atoms. The number of allylic oxidation sites excluding steroid dienone is 1. The molecule has 0 heterocycles. The molecule has 0 aromatic heterocycles. The van der Waals surface area contributed by atoms with E-state index in [1.807, 2.05) is 0 Å². The van der Waals surface area contributed by atoms with E-state index in [1.54, 1.807) is 6.92 Å². The Kier molecular flexibility index (Phi) is 7.25. The number of carboxylic acids is 2. The number of aliphatic carboxylic acids is 2. The summed E-state index contributed by atoms with van der Waals surface area (Å²) in [6.45, 7) is 3.81. The molecule has 0 radical (unpaired) electrons. The lowest BCUT2D eigenvalue weighted by Crippen LogP contribution is -2.09. The van der Waals surface area contributed by atoms with Crippen molar-refractivity contribution in [3.63, 3.8) is 0 Å². The van der Waals surface area contributed by atoms with Crippen LogP contribution in [0.5, 0.6) is 0 Å². The Morgan fingerprint density at radius 2 is 1.69 bits per heavy atom. The lowest BCUT2D eigenvalue weighted by molar-refractivity contribution is -0.139. The zero-order valence-corrected chi connectivity index (χ0v) is 9.95. The van der Waals surface area contributed by atoms with E-state index in [-0.39, 0.29) is 5.57 Å². The van der Waals surface area contributed by atoms with Gasteiger partial charge in [-0.1, -0.05) is 31.8 Å². The maximum atomic E-state index is 10.8. The number of unbranched alkanes of at least 4 members (excludes halogenated alkanes) is 3. The topological polar surface area (TPSA) is 74.6 Å². The maximum Gasteiger partial charge on any atom is 0.332 e. The van der Waals surface area contributed by atoms with Crippen LogP contribution in [0.1, 0.15) is 52.4 Å². The molecule has 4 nitrogen and oxygen atoms in total. The molecule has 0 fully saturated rings. The summed E-state index contributed by atoms with van der Waals surface area (Å²) in [4.78, 5) is 21.3. The third kappa shape index (κ3) is 6.22. The van der Waals surface area contributed by atoms with Crippen molar-refractivity contribution in [1.82, 2.24) is 0 Å². The Morgan fingerprint density at radius 3 is 2.12 bits per heavy atom. The van der Waals surface area contributed by atoms with E-state index in [1.165, 1.54) is 0 Å². The van der Waals surface area contributed by atoms with E-state index in [0.29, 0.717) is 12.0 Å². The van der Waals surface area contributed by atoms with Gasteiger partial charge in [0.25, 0.3) is 0 Å². The fourth-order valence-corrected chi connectivity index (χ4v) is 1.53. The van der Waals surface area contributed by atoms with E-state index in [0.717, 1.165) is 25.7 Å². The first-order valence-electron chi connectivity index (χ1n) is 5.62. The number of hydrogen-bond donors (Lipinski definition) is 2. The van der Waals surface area contributed by atoms with Gasteiger partial charge in [-0.15, -0.1) is 0 Å². The Labute approximate surface area is 96.0 Å². The van der Waals surface area contributed by atoms with Crippen LogP contribution >= 0.6 is 0 Å². The fourth-order valence-electron chi connectivity index (χ4n) is 1.53. The molecule has 0 saturated heterocycles. The molecule has 92 valence electrons. The lowest BCUT2D eigenvalue weighted by Gasteiger charge is -2.06.